The molecule has 0 radical (unpaired) electrons. The molecule has 1 aromatic carbocycles. The number of carbonyl (C=O) groups is 5. The van der Waals surface area contributed by atoms with Gasteiger partial charge in [0.05, 0.1) is 30.8 Å². The number of ketones is 1. The molecule has 1 fully saturated rings. The molecule has 0 aromatic heterocycles. The van der Waals surface area contributed by atoms with Crippen molar-refractivity contribution in [1.29, 1.82) is 0 Å². The van der Waals surface area contributed by atoms with E-state index >= 15 is 0 Å². The van der Waals surface area contributed by atoms with Crippen LogP contribution in [0.3, 0.4) is 0 Å². The zero-order valence-electron chi connectivity index (χ0n) is 26.6. The Labute approximate surface area is 260 Å². The molecule has 4 amide bonds. The van der Waals surface area contributed by atoms with Gasteiger partial charge in [0.15, 0.2) is 0 Å². The molecule has 0 saturated carbocycles. The summed E-state index contributed by atoms with van der Waals surface area (Å²) in [6.07, 6.45) is 3.20. The highest BCUT2D eigenvalue weighted by Crippen LogP contribution is 2.29. The minimum absolute atomic E-state index is 0.0628. The van der Waals surface area contributed by atoms with Gasteiger partial charge < -0.3 is 30.3 Å². The fourth-order valence-electron chi connectivity index (χ4n) is 5.55. The van der Waals surface area contributed by atoms with Crippen molar-refractivity contribution in [2.45, 2.75) is 103 Å². The number of benzene rings is 1. The van der Waals surface area contributed by atoms with Gasteiger partial charge in [-0.1, -0.05) is 51.8 Å². The van der Waals surface area contributed by atoms with Crippen molar-refractivity contribution in [3.8, 4) is 5.75 Å². The van der Waals surface area contributed by atoms with Crippen molar-refractivity contribution in [2.24, 2.45) is 5.92 Å². The average molecular weight is 613 g/mol. The molecule has 2 aliphatic rings. The number of rotatable bonds is 10. The van der Waals surface area contributed by atoms with Crippen LogP contribution in [-0.4, -0.2) is 83.8 Å². The molecule has 3 N–H and O–H groups in total. The molecule has 4 bridgehead atoms. The van der Waals surface area contributed by atoms with Gasteiger partial charge in [-0.25, -0.2) is 0 Å². The maximum absolute atomic E-state index is 14.2. The summed E-state index contributed by atoms with van der Waals surface area (Å²) >= 11 is 0. The molecule has 11 nitrogen and oxygen atoms in total. The highest BCUT2D eigenvalue weighted by Gasteiger charge is 2.45. The average Bonchev–Trinajstić information content (AvgIpc) is 3.40. The third-order valence-corrected chi connectivity index (χ3v) is 8.21. The van der Waals surface area contributed by atoms with E-state index in [1.54, 1.807) is 0 Å². The summed E-state index contributed by atoms with van der Waals surface area (Å²) in [6, 6.07) is 4.43. The Morgan fingerprint density at radius 1 is 1.23 bits per heavy atom. The normalized spacial score (nSPS) is 23.5. The van der Waals surface area contributed by atoms with Gasteiger partial charge in [0, 0.05) is 25.9 Å². The number of hydrogen-bond donors (Lipinski definition) is 3. The van der Waals surface area contributed by atoms with Crippen LogP contribution in [0, 0.1) is 5.92 Å². The number of fused-ring (bicyclic) bond motifs is 4. The van der Waals surface area contributed by atoms with Crippen LogP contribution in [0.5, 0.6) is 5.75 Å². The topological polar surface area (TPSA) is 143 Å². The Bertz CT molecular complexity index is 1220. The van der Waals surface area contributed by atoms with Crippen LogP contribution in [0.4, 0.5) is 0 Å². The van der Waals surface area contributed by atoms with E-state index in [4.69, 9.17) is 9.47 Å². The van der Waals surface area contributed by atoms with Gasteiger partial charge >= 0.3 is 0 Å². The highest BCUT2D eigenvalue weighted by atomic mass is 16.5. The Morgan fingerprint density at radius 2 is 1.98 bits per heavy atom. The van der Waals surface area contributed by atoms with Crippen molar-refractivity contribution in [3.63, 3.8) is 0 Å². The zero-order valence-corrected chi connectivity index (χ0v) is 26.6. The van der Waals surface area contributed by atoms with Gasteiger partial charge in [-0.05, 0) is 43.9 Å². The molecule has 0 aliphatic carbocycles. The standard InChI is InChI=1S/C33H48N4O7/c1-7-11-25(29(39)31(41)34-15-8-2)35-30(40)26-19-24-20-37(26)32(42)28(21(4)9-3)36-27(38)18-22-12-10-13-23(17-22)43-16-14-33(5,6)44-24/h8,10,12-13,17,21,24-26,28H,2,7,9,11,14-16,18-20H2,1,3-6H3,(H,34,41)(H,35,40)(H,36,38)/t21?,24-,25?,26?,28+/m1/s1. The van der Waals surface area contributed by atoms with Gasteiger partial charge in [0.1, 0.15) is 17.8 Å². The van der Waals surface area contributed by atoms with E-state index in [-0.39, 0.29) is 50.1 Å². The summed E-state index contributed by atoms with van der Waals surface area (Å²) < 4.78 is 12.4. The molecule has 242 valence electrons. The summed E-state index contributed by atoms with van der Waals surface area (Å²) in [6.45, 7) is 13.7. The Balaban J connectivity index is 1.93. The van der Waals surface area contributed by atoms with Crippen molar-refractivity contribution >= 4 is 29.4 Å². The molecule has 3 rings (SSSR count). The molecule has 1 saturated heterocycles. The van der Waals surface area contributed by atoms with E-state index in [1.807, 2.05) is 58.9 Å². The largest absolute Gasteiger partial charge is 0.493 e. The quantitative estimate of drug-likeness (QED) is 0.272. The number of carbonyl (C=O) groups excluding carboxylic acids is 5. The Kier molecular flexibility index (Phi) is 12.5. The van der Waals surface area contributed by atoms with Crippen LogP contribution in [0.2, 0.25) is 0 Å². The summed E-state index contributed by atoms with van der Waals surface area (Å²) in [5.74, 6) is -2.39. The zero-order chi connectivity index (χ0) is 32.4. The molecule has 2 aliphatic heterocycles. The van der Waals surface area contributed by atoms with E-state index in [1.165, 1.54) is 11.0 Å². The van der Waals surface area contributed by atoms with E-state index in [9.17, 15) is 24.0 Å². The van der Waals surface area contributed by atoms with Gasteiger partial charge in [0.2, 0.25) is 23.5 Å². The summed E-state index contributed by atoms with van der Waals surface area (Å²) in [5, 5.41) is 8.13. The van der Waals surface area contributed by atoms with Crippen LogP contribution in [-0.2, 0) is 35.1 Å². The lowest BCUT2D eigenvalue weighted by Crippen LogP contribution is -2.57. The van der Waals surface area contributed by atoms with Crippen LogP contribution < -0.4 is 20.7 Å². The summed E-state index contributed by atoms with van der Waals surface area (Å²) in [7, 11) is 0. The van der Waals surface area contributed by atoms with Gasteiger partial charge in [-0.3, -0.25) is 24.0 Å². The molecule has 0 spiro atoms. The summed E-state index contributed by atoms with van der Waals surface area (Å²) in [5.41, 5.74) is 0.119. The van der Waals surface area contributed by atoms with E-state index < -0.39 is 47.4 Å². The third-order valence-electron chi connectivity index (χ3n) is 8.21. The van der Waals surface area contributed by atoms with Crippen molar-refractivity contribution < 1.29 is 33.4 Å². The lowest BCUT2D eigenvalue weighted by Gasteiger charge is -2.32. The first-order valence-corrected chi connectivity index (χ1v) is 15.6. The third kappa shape index (κ3) is 9.38. The number of nitrogens with one attached hydrogen (secondary N) is 3. The number of hydrogen-bond acceptors (Lipinski definition) is 7. The van der Waals surface area contributed by atoms with Crippen molar-refractivity contribution in [2.75, 3.05) is 19.7 Å². The first-order valence-electron chi connectivity index (χ1n) is 15.6. The van der Waals surface area contributed by atoms with E-state index in [2.05, 4.69) is 22.5 Å². The fraction of sp³-hybridized carbons (Fsp3) is 0.606. The second-order valence-corrected chi connectivity index (χ2v) is 12.3. The lowest BCUT2D eigenvalue weighted by atomic mass is 9.96. The molecule has 11 heteroatoms. The van der Waals surface area contributed by atoms with Gasteiger partial charge in [-0.2, -0.15) is 0 Å². The van der Waals surface area contributed by atoms with Crippen LogP contribution in [0.1, 0.15) is 72.3 Å². The molecule has 5 atom stereocenters. The SMILES string of the molecule is C=CCNC(=O)C(=O)C(CCC)NC(=O)C1C[C@@H]2CN1C(=O)[C@H](C(C)CC)NC(=O)Cc1cccc(c1)OCCC(C)(C)O2. The second-order valence-electron chi connectivity index (χ2n) is 12.3. The predicted octanol–water partition coefficient (Wildman–Crippen LogP) is 2.46. The smallest absolute Gasteiger partial charge is 0.289 e. The first kappa shape index (κ1) is 34.8. The second kappa shape index (κ2) is 15.8. The maximum atomic E-state index is 14.2. The van der Waals surface area contributed by atoms with Crippen LogP contribution in [0.15, 0.2) is 36.9 Å². The Hall–Kier alpha value is -3.73. The molecule has 44 heavy (non-hydrogen) atoms. The predicted molar refractivity (Wildman–Crippen MR) is 166 cm³/mol. The monoisotopic (exact) mass is 612 g/mol. The van der Waals surface area contributed by atoms with Gasteiger partial charge in [0.25, 0.3) is 5.91 Å². The number of Topliss-reactive ketones (excluding diaryl/α,β-unsaturated/α-hetero) is 1. The van der Waals surface area contributed by atoms with E-state index in [0.717, 1.165) is 5.56 Å². The maximum Gasteiger partial charge on any atom is 0.289 e. The van der Waals surface area contributed by atoms with E-state index in [0.29, 0.717) is 31.6 Å². The summed E-state index contributed by atoms with van der Waals surface area (Å²) in [4.78, 5) is 68.0. The molecular weight excluding hydrogens is 564 g/mol. The van der Waals surface area contributed by atoms with Crippen LogP contribution in [0.25, 0.3) is 0 Å². The van der Waals surface area contributed by atoms with Crippen molar-refractivity contribution in [1.82, 2.24) is 20.9 Å². The molecule has 2 heterocycles. The number of amides is 4. The van der Waals surface area contributed by atoms with Gasteiger partial charge in [-0.15, -0.1) is 6.58 Å². The minimum Gasteiger partial charge on any atom is -0.493 e. The first-order chi connectivity index (χ1) is 20.9. The Morgan fingerprint density at radius 3 is 2.66 bits per heavy atom. The number of nitrogens with zero attached hydrogens (tertiary/aromatic N) is 1. The number of ether oxygens (including phenoxy) is 2. The fourth-order valence-corrected chi connectivity index (χ4v) is 5.55. The molecule has 3 unspecified atom stereocenters. The lowest BCUT2D eigenvalue weighted by molar-refractivity contribution is -0.144. The molecule has 1 aromatic rings. The minimum atomic E-state index is -1.05. The van der Waals surface area contributed by atoms with Crippen molar-refractivity contribution in [3.05, 3.63) is 42.5 Å². The van der Waals surface area contributed by atoms with Crippen LogP contribution >= 0.6 is 0 Å². The highest BCUT2D eigenvalue weighted by molar-refractivity contribution is 6.38. The molecular formula is C33H48N4O7.